The van der Waals surface area contributed by atoms with Gasteiger partial charge in [0.2, 0.25) is 5.91 Å². The molecule has 4 heteroatoms. The molecular formula is C16H21NO3. The van der Waals surface area contributed by atoms with E-state index in [2.05, 4.69) is 12.2 Å². The molecule has 0 spiro atoms. The van der Waals surface area contributed by atoms with Crippen molar-refractivity contribution in [2.75, 3.05) is 6.54 Å². The van der Waals surface area contributed by atoms with Crippen molar-refractivity contribution in [3.63, 3.8) is 0 Å². The number of hydrogen-bond acceptors (Lipinski definition) is 2. The molecule has 0 saturated carbocycles. The highest BCUT2D eigenvalue weighted by Gasteiger charge is 2.27. The van der Waals surface area contributed by atoms with Crippen molar-refractivity contribution in [3.8, 4) is 0 Å². The third-order valence-corrected chi connectivity index (χ3v) is 3.10. The molecule has 0 fully saturated rings. The lowest BCUT2D eigenvalue weighted by atomic mass is 9.94. The van der Waals surface area contributed by atoms with Crippen molar-refractivity contribution in [2.24, 2.45) is 5.41 Å². The van der Waals surface area contributed by atoms with Crippen LogP contribution in [0.25, 0.3) is 6.08 Å². The molecule has 1 aromatic carbocycles. The second kappa shape index (κ2) is 6.89. The molecule has 0 aromatic heterocycles. The van der Waals surface area contributed by atoms with Crippen LogP contribution in [-0.4, -0.2) is 23.5 Å². The molecule has 0 unspecified atom stereocenters. The lowest BCUT2D eigenvalue weighted by molar-refractivity contribution is -0.146. The third kappa shape index (κ3) is 4.88. The van der Waals surface area contributed by atoms with Crippen LogP contribution < -0.4 is 5.32 Å². The summed E-state index contributed by atoms with van der Waals surface area (Å²) in [5.74, 6) is -1.23. The van der Waals surface area contributed by atoms with Gasteiger partial charge in [0.15, 0.2) is 0 Å². The molecule has 0 bridgehead atoms. The fraction of sp³-hybridized carbons (Fsp3) is 0.375. The average Bonchev–Trinajstić information content (AvgIpc) is 2.43. The first-order chi connectivity index (χ1) is 9.35. The number of amides is 1. The quantitative estimate of drug-likeness (QED) is 0.784. The Morgan fingerprint density at radius 2 is 1.85 bits per heavy atom. The van der Waals surface area contributed by atoms with E-state index in [4.69, 9.17) is 5.11 Å². The summed E-state index contributed by atoms with van der Waals surface area (Å²) in [6, 6.07) is 7.93. The Bertz CT molecular complexity index is 501. The number of carbonyl (C=O) groups is 2. The smallest absolute Gasteiger partial charge is 0.310 e. The summed E-state index contributed by atoms with van der Waals surface area (Å²) in [7, 11) is 0. The summed E-state index contributed by atoms with van der Waals surface area (Å²) < 4.78 is 0. The van der Waals surface area contributed by atoms with Crippen LogP contribution in [-0.2, 0) is 16.0 Å². The van der Waals surface area contributed by atoms with E-state index < -0.39 is 11.4 Å². The summed E-state index contributed by atoms with van der Waals surface area (Å²) in [5.41, 5.74) is 1.22. The molecule has 0 saturated heterocycles. The minimum Gasteiger partial charge on any atom is -0.481 e. The largest absolute Gasteiger partial charge is 0.481 e. The molecular weight excluding hydrogens is 254 g/mol. The van der Waals surface area contributed by atoms with Gasteiger partial charge in [-0.2, -0.15) is 0 Å². The van der Waals surface area contributed by atoms with Crippen molar-refractivity contribution < 1.29 is 14.7 Å². The van der Waals surface area contributed by atoms with Crippen LogP contribution >= 0.6 is 0 Å². The molecule has 0 heterocycles. The van der Waals surface area contributed by atoms with Gasteiger partial charge in [0.05, 0.1) is 5.41 Å². The van der Waals surface area contributed by atoms with Crippen LogP contribution in [0.2, 0.25) is 0 Å². The van der Waals surface area contributed by atoms with Gasteiger partial charge < -0.3 is 10.4 Å². The molecule has 108 valence electrons. The summed E-state index contributed by atoms with van der Waals surface area (Å²) in [6.45, 7) is 5.33. The summed E-state index contributed by atoms with van der Waals surface area (Å²) >= 11 is 0. The van der Waals surface area contributed by atoms with Crippen molar-refractivity contribution in [1.82, 2.24) is 5.32 Å². The molecule has 1 amide bonds. The molecule has 0 aliphatic carbocycles. The van der Waals surface area contributed by atoms with E-state index in [0.717, 1.165) is 12.0 Å². The molecule has 0 atom stereocenters. The fourth-order valence-corrected chi connectivity index (χ4v) is 1.48. The Morgan fingerprint density at radius 1 is 1.25 bits per heavy atom. The lowest BCUT2D eigenvalue weighted by Gasteiger charge is -2.18. The Hall–Kier alpha value is -2.10. The van der Waals surface area contributed by atoms with Gasteiger partial charge >= 0.3 is 5.97 Å². The van der Waals surface area contributed by atoms with Gasteiger partial charge in [0.1, 0.15) is 0 Å². The number of hydrogen-bond donors (Lipinski definition) is 2. The first kappa shape index (κ1) is 16.0. The first-order valence-corrected chi connectivity index (χ1v) is 6.63. The van der Waals surface area contributed by atoms with E-state index in [1.165, 1.54) is 11.6 Å². The summed E-state index contributed by atoms with van der Waals surface area (Å²) in [4.78, 5) is 22.5. The zero-order valence-electron chi connectivity index (χ0n) is 12.1. The van der Waals surface area contributed by atoms with Crippen LogP contribution in [0.4, 0.5) is 0 Å². The standard InChI is InChI=1S/C16H21NO3/c1-4-12-5-7-13(8-6-12)9-10-14(18)17-11-16(2,3)15(19)20/h5-10H,4,11H2,1-3H3,(H,17,18)(H,19,20)/b10-9+. The van der Waals surface area contributed by atoms with Crippen LogP contribution in [0, 0.1) is 5.41 Å². The molecule has 20 heavy (non-hydrogen) atoms. The normalized spacial score (nSPS) is 11.6. The van der Waals surface area contributed by atoms with Crippen LogP contribution in [0.5, 0.6) is 0 Å². The van der Waals surface area contributed by atoms with Crippen molar-refractivity contribution >= 4 is 18.0 Å². The maximum atomic E-state index is 11.6. The van der Waals surface area contributed by atoms with Crippen LogP contribution in [0.3, 0.4) is 0 Å². The summed E-state index contributed by atoms with van der Waals surface area (Å²) in [6.07, 6.45) is 4.11. The highest BCUT2D eigenvalue weighted by Crippen LogP contribution is 2.13. The molecule has 0 radical (unpaired) electrons. The maximum Gasteiger partial charge on any atom is 0.310 e. The summed E-state index contributed by atoms with van der Waals surface area (Å²) in [5, 5.41) is 11.5. The zero-order valence-corrected chi connectivity index (χ0v) is 12.1. The minimum atomic E-state index is -0.966. The molecule has 1 aromatic rings. The van der Waals surface area contributed by atoms with Crippen molar-refractivity contribution in [3.05, 3.63) is 41.5 Å². The maximum absolute atomic E-state index is 11.6. The topological polar surface area (TPSA) is 66.4 Å². The number of aryl methyl sites for hydroxylation is 1. The Labute approximate surface area is 119 Å². The van der Waals surface area contributed by atoms with E-state index in [1.54, 1.807) is 19.9 Å². The van der Waals surface area contributed by atoms with E-state index in [-0.39, 0.29) is 12.5 Å². The Morgan fingerprint density at radius 3 is 2.35 bits per heavy atom. The van der Waals surface area contributed by atoms with Gasteiger partial charge in [-0.3, -0.25) is 9.59 Å². The minimum absolute atomic E-state index is 0.0975. The number of nitrogens with one attached hydrogen (secondary N) is 1. The number of aliphatic carboxylic acids is 1. The van der Waals surface area contributed by atoms with Crippen LogP contribution in [0.1, 0.15) is 31.9 Å². The Balaban J connectivity index is 2.53. The number of carboxylic acids is 1. The highest BCUT2D eigenvalue weighted by atomic mass is 16.4. The van der Waals surface area contributed by atoms with Gasteiger partial charge in [-0.1, -0.05) is 31.2 Å². The number of benzene rings is 1. The van der Waals surface area contributed by atoms with Gasteiger partial charge in [-0.15, -0.1) is 0 Å². The van der Waals surface area contributed by atoms with E-state index in [1.807, 2.05) is 24.3 Å². The second-order valence-corrected chi connectivity index (χ2v) is 5.34. The van der Waals surface area contributed by atoms with Crippen molar-refractivity contribution in [2.45, 2.75) is 27.2 Å². The number of carbonyl (C=O) groups excluding carboxylic acids is 1. The van der Waals surface area contributed by atoms with Gasteiger partial charge in [-0.05, 0) is 37.5 Å². The molecule has 1 rings (SSSR count). The van der Waals surface area contributed by atoms with Crippen molar-refractivity contribution in [1.29, 1.82) is 0 Å². The fourth-order valence-electron chi connectivity index (χ4n) is 1.48. The lowest BCUT2D eigenvalue weighted by Crippen LogP contribution is -2.38. The first-order valence-electron chi connectivity index (χ1n) is 6.63. The predicted octanol–water partition coefficient (Wildman–Crippen LogP) is 2.49. The average molecular weight is 275 g/mol. The Kier molecular flexibility index (Phi) is 5.50. The number of rotatable bonds is 6. The molecule has 0 aliphatic heterocycles. The van der Waals surface area contributed by atoms with Gasteiger partial charge in [-0.25, -0.2) is 0 Å². The molecule has 2 N–H and O–H groups in total. The SMILES string of the molecule is CCc1ccc(/C=C/C(=O)NCC(C)(C)C(=O)O)cc1. The molecule has 0 aliphatic rings. The molecule has 4 nitrogen and oxygen atoms in total. The van der Waals surface area contributed by atoms with E-state index in [0.29, 0.717) is 0 Å². The third-order valence-electron chi connectivity index (χ3n) is 3.10. The van der Waals surface area contributed by atoms with Gasteiger partial charge in [0, 0.05) is 12.6 Å². The highest BCUT2D eigenvalue weighted by molar-refractivity contribution is 5.92. The van der Waals surface area contributed by atoms with Crippen LogP contribution in [0.15, 0.2) is 30.3 Å². The monoisotopic (exact) mass is 275 g/mol. The van der Waals surface area contributed by atoms with E-state index in [9.17, 15) is 9.59 Å². The number of carboxylic acid groups (broad SMARTS) is 1. The predicted molar refractivity (Wildman–Crippen MR) is 79.3 cm³/mol. The van der Waals surface area contributed by atoms with E-state index >= 15 is 0 Å². The zero-order chi connectivity index (χ0) is 15.2. The second-order valence-electron chi connectivity index (χ2n) is 5.34. The van der Waals surface area contributed by atoms with Gasteiger partial charge in [0.25, 0.3) is 0 Å².